The van der Waals surface area contributed by atoms with Crippen molar-refractivity contribution in [2.45, 2.75) is 25.8 Å². The largest absolute Gasteiger partial charge is 0.352 e. The van der Waals surface area contributed by atoms with E-state index in [0.29, 0.717) is 38.0 Å². The Kier molecular flexibility index (Phi) is 6.00. The predicted octanol–water partition coefficient (Wildman–Crippen LogP) is 2.92. The van der Waals surface area contributed by atoms with Gasteiger partial charge in [0.2, 0.25) is 11.8 Å². The zero-order valence-corrected chi connectivity index (χ0v) is 14.7. The van der Waals surface area contributed by atoms with Crippen molar-refractivity contribution in [2.24, 2.45) is 5.92 Å². The molecule has 2 aromatic rings. The van der Waals surface area contributed by atoms with Crippen molar-refractivity contribution < 1.29 is 14.0 Å². The van der Waals surface area contributed by atoms with Crippen LogP contribution >= 0.6 is 0 Å². The summed E-state index contributed by atoms with van der Waals surface area (Å²) < 4.78 is 13.7. The van der Waals surface area contributed by atoms with Crippen LogP contribution in [0.4, 0.5) is 4.39 Å². The van der Waals surface area contributed by atoms with E-state index in [-0.39, 0.29) is 30.0 Å². The van der Waals surface area contributed by atoms with Crippen LogP contribution in [0.25, 0.3) is 0 Å². The molecule has 2 amide bonds. The van der Waals surface area contributed by atoms with Crippen LogP contribution in [0.15, 0.2) is 54.6 Å². The van der Waals surface area contributed by atoms with Gasteiger partial charge < -0.3 is 10.2 Å². The number of piperidine rings is 1. The van der Waals surface area contributed by atoms with Gasteiger partial charge in [-0.1, -0.05) is 48.5 Å². The van der Waals surface area contributed by atoms with Gasteiger partial charge >= 0.3 is 0 Å². The van der Waals surface area contributed by atoms with Crippen LogP contribution < -0.4 is 5.32 Å². The quantitative estimate of drug-likeness (QED) is 0.898. The fourth-order valence-electron chi connectivity index (χ4n) is 3.24. The molecule has 5 heteroatoms. The number of hydrogen-bond donors (Lipinski definition) is 1. The van der Waals surface area contributed by atoms with E-state index in [1.165, 1.54) is 6.07 Å². The molecule has 0 bridgehead atoms. The lowest BCUT2D eigenvalue weighted by molar-refractivity contribution is -0.135. The van der Waals surface area contributed by atoms with Crippen molar-refractivity contribution in [1.82, 2.24) is 10.2 Å². The Hall–Kier alpha value is -2.69. The van der Waals surface area contributed by atoms with Crippen LogP contribution in [-0.4, -0.2) is 29.8 Å². The van der Waals surface area contributed by atoms with Crippen LogP contribution in [-0.2, 0) is 22.6 Å². The van der Waals surface area contributed by atoms with Gasteiger partial charge in [0, 0.05) is 25.6 Å². The number of carbonyl (C=O) groups is 2. The average Bonchev–Trinajstić information content (AvgIpc) is 2.69. The second kappa shape index (κ2) is 8.61. The number of amides is 2. The van der Waals surface area contributed by atoms with Gasteiger partial charge in [-0.25, -0.2) is 4.39 Å². The zero-order chi connectivity index (χ0) is 18.4. The Bertz CT molecular complexity index is 756. The number of halogens is 1. The summed E-state index contributed by atoms with van der Waals surface area (Å²) in [4.78, 5) is 26.4. The molecule has 0 aliphatic carbocycles. The molecule has 0 spiro atoms. The molecule has 1 fully saturated rings. The Morgan fingerprint density at radius 2 is 1.65 bits per heavy atom. The Morgan fingerprint density at radius 1 is 1.00 bits per heavy atom. The van der Waals surface area contributed by atoms with Gasteiger partial charge in [-0.2, -0.15) is 0 Å². The lowest BCUT2D eigenvalue weighted by Crippen LogP contribution is -2.43. The summed E-state index contributed by atoms with van der Waals surface area (Å²) in [6.07, 6.45) is 1.35. The van der Waals surface area contributed by atoms with E-state index in [0.717, 1.165) is 5.56 Å². The van der Waals surface area contributed by atoms with Gasteiger partial charge in [0.15, 0.2) is 0 Å². The number of rotatable bonds is 5. The highest BCUT2D eigenvalue weighted by molar-refractivity contribution is 5.81. The molecule has 3 rings (SSSR count). The predicted molar refractivity (Wildman–Crippen MR) is 97.7 cm³/mol. The molecule has 1 heterocycles. The minimum Gasteiger partial charge on any atom is -0.352 e. The van der Waals surface area contributed by atoms with E-state index in [9.17, 15) is 14.0 Å². The lowest BCUT2D eigenvalue weighted by atomic mass is 9.95. The van der Waals surface area contributed by atoms with Crippen LogP contribution in [0.2, 0.25) is 0 Å². The molecule has 0 saturated carbocycles. The maximum absolute atomic E-state index is 13.7. The molecular formula is C21H23FN2O2. The molecule has 1 saturated heterocycles. The van der Waals surface area contributed by atoms with Gasteiger partial charge in [0.25, 0.3) is 0 Å². The highest BCUT2D eigenvalue weighted by Crippen LogP contribution is 2.19. The van der Waals surface area contributed by atoms with Crippen LogP contribution in [0.5, 0.6) is 0 Å². The second-order valence-corrected chi connectivity index (χ2v) is 6.63. The van der Waals surface area contributed by atoms with E-state index in [1.54, 1.807) is 23.1 Å². The van der Waals surface area contributed by atoms with E-state index < -0.39 is 0 Å². The molecule has 0 radical (unpaired) electrons. The monoisotopic (exact) mass is 354 g/mol. The van der Waals surface area contributed by atoms with Crippen molar-refractivity contribution in [3.63, 3.8) is 0 Å². The van der Waals surface area contributed by atoms with Gasteiger partial charge in [0.05, 0.1) is 6.42 Å². The number of hydrogen-bond acceptors (Lipinski definition) is 2. The summed E-state index contributed by atoms with van der Waals surface area (Å²) in [7, 11) is 0. The summed E-state index contributed by atoms with van der Waals surface area (Å²) in [6.45, 7) is 1.60. The standard InChI is InChI=1S/C21H23FN2O2/c22-19-9-5-4-8-18(19)14-20(25)24-12-10-17(11-13-24)21(26)23-15-16-6-2-1-3-7-16/h1-9,17H,10-15H2,(H,23,26). The summed E-state index contributed by atoms with van der Waals surface area (Å²) in [5.74, 6) is -0.472. The summed E-state index contributed by atoms with van der Waals surface area (Å²) in [5, 5.41) is 2.97. The van der Waals surface area contributed by atoms with Gasteiger partial charge in [-0.15, -0.1) is 0 Å². The third kappa shape index (κ3) is 4.69. The number of nitrogens with zero attached hydrogens (tertiary/aromatic N) is 1. The average molecular weight is 354 g/mol. The zero-order valence-electron chi connectivity index (χ0n) is 14.7. The SMILES string of the molecule is O=C(NCc1ccccc1)C1CCN(C(=O)Cc2ccccc2F)CC1. The van der Waals surface area contributed by atoms with Crippen molar-refractivity contribution >= 4 is 11.8 Å². The minimum atomic E-state index is -0.351. The van der Waals surface area contributed by atoms with Crippen LogP contribution in [0.1, 0.15) is 24.0 Å². The van der Waals surface area contributed by atoms with Crippen molar-refractivity contribution in [2.75, 3.05) is 13.1 Å². The first-order valence-corrected chi connectivity index (χ1v) is 8.96. The molecule has 0 atom stereocenters. The smallest absolute Gasteiger partial charge is 0.227 e. The third-order valence-electron chi connectivity index (χ3n) is 4.83. The van der Waals surface area contributed by atoms with E-state index in [2.05, 4.69) is 5.32 Å². The fourth-order valence-corrected chi connectivity index (χ4v) is 3.24. The first-order valence-electron chi connectivity index (χ1n) is 8.96. The third-order valence-corrected chi connectivity index (χ3v) is 4.83. The number of likely N-dealkylation sites (tertiary alicyclic amines) is 1. The van der Waals surface area contributed by atoms with Crippen molar-refractivity contribution in [3.05, 3.63) is 71.5 Å². The molecule has 0 unspecified atom stereocenters. The van der Waals surface area contributed by atoms with Crippen molar-refractivity contribution in [3.8, 4) is 0 Å². The second-order valence-electron chi connectivity index (χ2n) is 6.63. The minimum absolute atomic E-state index is 0.0371. The maximum Gasteiger partial charge on any atom is 0.227 e. The molecule has 2 aromatic carbocycles. The molecule has 136 valence electrons. The number of nitrogens with one attached hydrogen (secondary N) is 1. The van der Waals surface area contributed by atoms with Gasteiger partial charge in [-0.05, 0) is 30.0 Å². The van der Waals surface area contributed by atoms with E-state index in [1.807, 2.05) is 30.3 Å². The van der Waals surface area contributed by atoms with E-state index >= 15 is 0 Å². The fraction of sp³-hybridized carbons (Fsp3) is 0.333. The molecule has 4 nitrogen and oxygen atoms in total. The molecule has 1 aliphatic rings. The molecule has 0 aromatic heterocycles. The summed E-state index contributed by atoms with van der Waals surface area (Å²) >= 11 is 0. The number of carbonyl (C=O) groups excluding carboxylic acids is 2. The van der Waals surface area contributed by atoms with Crippen LogP contribution in [0.3, 0.4) is 0 Å². The molecule has 1 aliphatic heterocycles. The maximum atomic E-state index is 13.7. The topological polar surface area (TPSA) is 49.4 Å². The lowest BCUT2D eigenvalue weighted by Gasteiger charge is -2.31. The first kappa shape index (κ1) is 18.1. The Balaban J connectivity index is 1.45. The summed E-state index contributed by atoms with van der Waals surface area (Å²) in [6, 6.07) is 16.1. The van der Waals surface area contributed by atoms with Gasteiger partial charge in [0.1, 0.15) is 5.82 Å². The van der Waals surface area contributed by atoms with Crippen LogP contribution in [0, 0.1) is 11.7 Å². The molecular weight excluding hydrogens is 331 g/mol. The molecule has 26 heavy (non-hydrogen) atoms. The normalized spacial score (nSPS) is 14.9. The van der Waals surface area contributed by atoms with Crippen molar-refractivity contribution in [1.29, 1.82) is 0 Å². The Labute approximate surface area is 153 Å². The van der Waals surface area contributed by atoms with E-state index in [4.69, 9.17) is 0 Å². The highest BCUT2D eigenvalue weighted by Gasteiger charge is 2.27. The van der Waals surface area contributed by atoms with Gasteiger partial charge in [-0.3, -0.25) is 9.59 Å². The Morgan fingerprint density at radius 3 is 2.35 bits per heavy atom. The highest BCUT2D eigenvalue weighted by atomic mass is 19.1. The first-order chi connectivity index (χ1) is 12.6. The molecule has 1 N–H and O–H groups in total. The summed E-state index contributed by atoms with van der Waals surface area (Å²) in [5.41, 5.74) is 1.48. The number of benzene rings is 2.